The first-order valence-corrected chi connectivity index (χ1v) is 8.18. The van der Waals surface area contributed by atoms with Gasteiger partial charge in [-0.2, -0.15) is 0 Å². The third-order valence-electron chi connectivity index (χ3n) is 3.25. The molecule has 1 heterocycles. The summed E-state index contributed by atoms with van der Waals surface area (Å²) in [5, 5.41) is 3.13. The van der Waals surface area contributed by atoms with Crippen LogP contribution < -0.4 is 14.8 Å². The maximum atomic E-state index is 12.3. The first kappa shape index (κ1) is 13.9. The molecule has 5 nitrogen and oxygen atoms in total. The van der Waals surface area contributed by atoms with Gasteiger partial charge in [0.1, 0.15) is 12.4 Å². The highest BCUT2D eigenvalue weighted by Gasteiger charge is 2.17. The lowest BCUT2D eigenvalue weighted by Crippen LogP contribution is -2.24. The number of sulfonamides is 1. The van der Waals surface area contributed by atoms with Gasteiger partial charge in [0.15, 0.2) is 0 Å². The van der Waals surface area contributed by atoms with E-state index in [0.29, 0.717) is 24.6 Å². The van der Waals surface area contributed by atoms with Crippen LogP contribution in [0.1, 0.15) is 5.56 Å². The van der Waals surface area contributed by atoms with Gasteiger partial charge in [0, 0.05) is 13.1 Å². The van der Waals surface area contributed by atoms with Gasteiger partial charge in [-0.05, 0) is 23.8 Å². The van der Waals surface area contributed by atoms with E-state index in [9.17, 15) is 8.42 Å². The maximum Gasteiger partial charge on any atom is 0.240 e. The Hall–Kier alpha value is -2.05. The molecule has 0 bridgehead atoms. The largest absolute Gasteiger partial charge is 0.490 e. The molecule has 2 aromatic carbocycles. The van der Waals surface area contributed by atoms with Crippen molar-refractivity contribution < 1.29 is 13.2 Å². The number of anilines is 1. The van der Waals surface area contributed by atoms with Crippen LogP contribution in [0.15, 0.2) is 53.4 Å². The smallest absolute Gasteiger partial charge is 0.240 e. The van der Waals surface area contributed by atoms with Crippen LogP contribution in [-0.2, 0) is 16.6 Å². The van der Waals surface area contributed by atoms with Crippen molar-refractivity contribution in [1.82, 2.24) is 4.72 Å². The number of ether oxygens (including phenoxy) is 1. The number of nitrogens with one attached hydrogen (secondary N) is 2. The van der Waals surface area contributed by atoms with Gasteiger partial charge < -0.3 is 10.1 Å². The molecule has 3 rings (SSSR count). The molecule has 0 aromatic heterocycles. The summed E-state index contributed by atoms with van der Waals surface area (Å²) in [6.07, 6.45) is 0. The quantitative estimate of drug-likeness (QED) is 0.906. The molecule has 0 saturated carbocycles. The Labute approximate surface area is 124 Å². The second-order valence-corrected chi connectivity index (χ2v) is 6.51. The topological polar surface area (TPSA) is 67.4 Å². The average Bonchev–Trinajstić information content (AvgIpc) is 2.53. The van der Waals surface area contributed by atoms with Gasteiger partial charge in [0.25, 0.3) is 0 Å². The third-order valence-corrected chi connectivity index (χ3v) is 4.64. The molecule has 110 valence electrons. The molecule has 1 aliphatic heterocycles. The second-order valence-electron chi connectivity index (χ2n) is 4.74. The van der Waals surface area contributed by atoms with Crippen molar-refractivity contribution in [1.29, 1.82) is 0 Å². The summed E-state index contributed by atoms with van der Waals surface area (Å²) in [5.41, 5.74) is 1.63. The van der Waals surface area contributed by atoms with E-state index in [0.717, 1.165) is 5.56 Å². The summed E-state index contributed by atoms with van der Waals surface area (Å²) in [6, 6.07) is 14.2. The van der Waals surface area contributed by atoms with Crippen LogP contribution in [0.2, 0.25) is 0 Å². The minimum Gasteiger partial charge on any atom is -0.490 e. The number of hydrogen-bond donors (Lipinski definition) is 2. The highest BCUT2D eigenvalue weighted by molar-refractivity contribution is 7.89. The van der Waals surface area contributed by atoms with Crippen LogP contribution in [0, 0.1) is 0 Å². The summed E-state index contributed by atoms with van der Waals surface area (Å²) < 4.78 is 32.7. The van der Waals surface area contributed by atoms with Crippen molar-refractivity contribution in [3.05, 3.63) is 54.1 Å². The zero-order valence-corrected chi connectivity index (χ0v) is 12.2. The third kappa shape index (κ3) is 3.17. The minimum atomic E-state index is -3.54. The van der Waals surface area contributed by atoms with Gasteiger partial charge in [-0.1, -0.05) is 30.3 Å². The van der Waals surface area contributed by atoms with E-state index in [1.165, 1.54) is 0 Å². The SMILES string of the molecule is O=S(=O)(NCc1ccccc1)c1ccc2c(c1)NCCO2. The van der Waals surface area contributed by atoms with Gasteiger partial charge in [0.05, 0.1) is 10.6 Å². The first-order chi connectivity index (χ1) is 10.1. The summed E-state index contributed by atoms with van der Waals surface area (Å²) >= 11 is 0. The molecule has 0 aliphatic carbocycles. The average molecular weight is 304 g/mol. The number of rotatable bonds is 4. The molecular formula is C15H16N2O3S. The van der Waals surface area contributed by atoms with E-state index in [4.69, 9.17) is 4.74 Å². The molecule has 21 heavy (non-hydrogen) atoms. The van der Waals surface area contributed by atoms with E-state index < -0.39 is 10.0 Å². The molecule has 1 aliphatic rings. The van der Waals surface area contributed by atoms with E-state index in [2.05, 4.69) is 10.0 Å². The van der Waals surface area contributed by atoms with E-state index in [-0.39, 0.29) is 11.4 Å². The maximum absolute atomic E-state index is 12.3. The minimum absolute atomic E-state index is 0.232. The molecule has 0 amide bonds. The molecule has 6 heteroatoms. The van der Waals surface area contributed by atoms with Gasteiger partial charge >= 0.3 is 0 Å². The lowest BCUT2D eigenvalue weighted by molar-refractivity contribution is 0.323. The van der Waals surface area contributed by atoms with Crippen LogP contribution in [0.3, 0.4) is 0 Å². The number of hydrogen-bond acceptors (Lipinski definition) is 4. The summed E-state index contributed by atoms with van der Waals surface area (Å²) in [5.74, 6) is 0.684. The van der Waals surface area contributed by atoms with Gasteiger partial charge in [-0.15, -0.1) is 0 Å². The molecular weight excluding hydrogens is 288 g/mol. The van der Waals surface area contributed by atoms with Crippen molar-refractivity contribution in [2.45, 2.75) is 11.4 Å². The van der Waals surface area contributed by atoms with E-state index in [1.807, 2.05) is 30.3 Å². The van der Waals surface area contributed by atoms with Crippen molar-refractivity contribution in [2.24, 2.45) is 0 Å². The molecule has 2 aromatic rings. The Morgan fingerprint density at radius 2 is 1.95 bits per heavy atom. The van der Waals surface area contributed by atoms with Crippen LogP contribution in [0.4, 0.5) is 5.69 Å². The fourth-order valence-electron chi connectivity index (χ4n) is 2.14. The lowest BCUT2D eigenvalue weighted by Gasteiger charge is -2.19. The van der Waals surface area contributed by atoms with Gasteiger partial charge in [-0.3, -0.25) is 0 Å². The number of fused-ring (bicyclic) bond motifs is 1. The highest BCUT2D eigenvalue weighted by atomic mass is 32.2. The van der Waals surface area contributed by atoms with Crippen LogP contribution in [0.5, 0.6) is 5.75 Å². The van der Waals surface area contributed by atoms with Crippen LogP contribution >= 0.6 is 0 Å². The Morgan fingerprint density at radius 1 is 1.14 bits per heavy atom. The van der Waals surface area contributed by atoms with Gasteiger partial charge in [0.2, 0.25) is 10.0 Å². The molecule has 0 atom stereocenters. The fourth-order valence-corrected chi connectivity index (χ4v) is 3.19. The molecule has 0 unspecified atom stereocenters. The standard InChI is InChI=1S/C15H16N2O3S/c18-21(19,17-11-12-4-2-1-3-5-12)13-6-7-15-14(10-13)16-8-9-20-15/h1-7,10,16-17H,8-9,11H2. The summed E-state index contributed by atoms with van der Waals surface area (Å²) in [7, 11) is -3.54. The lowest BCUT2D eigenvalue weighted by atomic mass is 10.2. The van der Waals surface area contributed by atoms with E-state index in [1.54, 1.807) is 18.2 Å². The Bertz CT molecular complexity index is 730. The Kier molecular flexibility index (Phi) is 3.81. The predicted molar refractivity (Wildman–Crippen MR) is 80.9 cm³/mol. The first-order valence-electron chi connectivity index (χ1n) is 6.69. The van der Waals surface area contributed by atoms with Crippen molar-refractivity contribution in [3.63, 3.8) is 0 Å². The zero-order chi connectivity index (χ0) is 14.7. The summed E-state index contributed by atoms with van der Waals surface area (Å²) in [4.78, 5) is 0.232. The normalized spacial score (nSPS) is 13.9. The Morgan fingerprint density at radius 3 is 2.76 bits per heavy atom. The fraction of sp³-hybridized carbons (Fsp3) is 0.200. The van der Waals surface area contributed by atoms with Crippen LogP contribution in [0.25, 0.3) is 0 Å². The molecule has 0 radical (unpaired) electrons. The molecule has 0 saturated heterocycles. The monoisotopic (exact) mass is 304 g/mol. The molecule has 0 spiro atoms. The Balaban J connectivity index is 1.78. The van der Waals surface area contributed by atoms with Crippen molar-refractivity contribution in [3.8, 4) is 5.75 Å². The molecule has 0 fully saturated rings. The second kappa shape index (κ2) is 5.75. The molecule has 2 N–H and O–H groups in total. The van der Waals surface area contributed by atoms with E-state index >= 15 is 0 Å². The zero-order valence-electron chi connectivity index (χ0n) is 11.4. The number of benzene rings is 2. The van der Waals surface area contributed by atoms with Crippen molar-refractivity contribution in [2.75, 3.05) is 18.5 Å². The van der Waals surface area contributed by atoms with Crippen molar-refractivity contribution >= 4 is 15.7 Å². The van der Waals surface area contributed by atoms with Crippen LogP contribution in [-0.4, -0.2) is 21.6 Å². The predicted octanol–water partition coefficient (Wildman–Crippen LogP) is 1.97. The highest BCUT2D eigenvalue weighted by Crippen LogP contribution is 2.29. The van der Waals surface area contributed by atoms with Gasteiger partial charge in [-0.25, -0.2) is 13.1 Å². The summed E-state index contributed by atoms with van der Waals surface area (Å²) in [6.45, 7) is 1.53.